The van der Waals surface area contributed by atoms with Gasteiger partial charge in [0.25, 0.3) is 0 Å². The Morgan fingerprint density at radius 3 is 2.50 bits per heavy atom. The van der Waals surface area contributed by atoms with Crippen LogP contribution in [0.1, 0.15) is 5.56 Å². The zero-order valence-electron chi connectivity index (χ0n) is 13.2. The molecule has 8 heteroatoms. The van der Waals surface area contributed by atoms with Gasteiger partial charge in [0.1, 0.15) is 17.5 Å². The third kappa shape index (κ3) is 2.97. The van der Waals surface area contributed by atoms with Crippen LogP contribution in [-0.4, -0.2) is 19.7 Å². The van der Waals surface area contributed by atoms with Crippen molar-refractivity contribution in [2.24, 2.45) is 0 Å². The molecule has 4 rings (SSSR count). The molecule has 0 bridgehead atoms. The molecule has 0 spiro atoms. The maximum atomic E-state index is 12.9. The summed E-state index contributed by atoms with van der Waals surface area (Å²) >= 11 is 0. The van der Waals surface area contributed by atoms with Crippen LogP contribution in [0.3, 0.4) is 0 Å². The minimum absolute atomic E-state index is 0.0345. The number of para-hydroxylation sites is 1. The zero-order chi connectivity index (χ0) is 18.1. The van der Waals surface area contributed by atoms with Crippen molar-refractivity contribution in [2.45, 2.75) is 6.18 Å². The van der Waals surface area contributed by atoms with E-state index in [1.165, 1.54) is 24.7 Å². The van der Waals surface area contributed by atoms with Gasteiger partial charge < -0.3 is 4.74 Å². The van der Waals surface area contributed by atoms with Gasteiger partial charge in [-0.25, -0.2) is 14.6 Å². The van der Waals surface area contributed by atoms with E-state index in [1.807, 2.05) is 30.3 Å². The van der Waals surface area contributed by atoms with Gasteiger partial charge in [-0.05, 0) is 30.3 Å². The van der Waals surface area contributed by atoms with Crippen molar-refractivity contribution < 1.29 is 17.9 Å². The molecule has 2 aromatic heterocycles. The van der Waals surface area contributed by atoms with Gasteiger partial charge >= 0.3 is 6.18 Å². The number of aromatic nitrogens is 4. The first-order chi connectivity index (χ1) is 12.5. The second-order valence-corrected chi connectivity index (χ2v) is 5.44. The van der Waals surface area contributed by atoms with Crippen molar-refractivity contribution in [3.8, 4) is 17.3 Å². The number of ether oxygens (including phenoxy) is 1. The van der Waals surface area contributed by atoms with E-state index in [9.17, 15) is 13.2 Å². The summed E-state index contributed by atoms with van der Waals surface area (Å²) in [7, 11) is 0. The summed E-state index contributed by atoms with van der Waals surface area (Å²) < 4.78 is 45.7. The average Bonchev–Trinajstić information content (AvgIpc) is 3.07. The molecule has 4 aromatic rings. The Hall–Kier alpha value is -3.42. The molecule has 0 atom stereocenters. The van der Waals surface area contributed by atoms with Crippen LogP contribution in [0.2, 0.25) is 0 Å². The van der Waals surface area contributed by atoms with E-state index < -0.39 is 11.7 Å². The Kier molecular flexibility index (Phi) is 3.80. The molecule has 0 unspecified atom stereocenters. The molecule has 0 fully saturated rings. The molecule has 130 valence electrons. The van der Waals surface area contributed by atoms with E-state index in [4.69, 9.17) is 4.74 Å². The minimum Gasteiger partial charge on any atom is -0.438 e. The summed E-state index contributed by atoms with van der Waals surface area (Å²) in [5, 5.41) is 4.77. The molecule has 0 aliphatic carbocycles. The number of hydrogen-bond acceptors (Lipinski definition) is 4. The lowest BCUT2D eigenvalue weighted by molar-refractivity contribution is -0.137. The SMILES string of the molecule is FC(F)(F)c1cccc(Oc2ncnc3c2cnn3-c2ccccc2)c1. The smallest absolute Gasteiger partial charge is 0.416 e. The van der Waals surface area contributed by atoms with Crippen LogP contribution in [0.4, 0.5) is 13.2 Å². The molecule has 2 aromatic carbocycles. The zero-order valence-corrected chi connectivity index (χ0v) is 13.2. The maximum Gasteiger partial charge on any atom is 0.416 e. The van der Waals surface area contributed by atoms with Gasteiger partial charge in [-0.15, -0.1) is 0 Å². The summed E-state index contributed by atoms with van der Waals surface area (Å²) in [5.41, 5.74) is 0.500. The largest absolute Gasteiger partial charge is 0.438 e. The van der Waals surface area contributed by atoms with Crippen molar-refractivity contribution in [2.75, 3.05) is 0 Å². The van der Waals surface area contributed by atoms with Gasteiger partial charge in [-0.1, -0.05) is 24.3 Å². The molecule has 2 heterocycles. The second kappa shape index (κ2) is 6.14. The Balaban J connectivity index is 1.74. The molecular formula is C18H11F3N4O. The highest BCUT2D eigenvalue weighted by atomic mass is 19.4. The lowest BCUT2D eigenvalue weighted by Crippen LogP contribution is -2.04. The van der Waals surface area contributed by atoms with Crippen molar-refractivity contribution in [3.05, 3.63) is 72.7 Å². The molecule has 0 amide bonds. The number of fused-ring (bicyclic) bond motifs is 1. The fraction of sp³-hybridized carbons (Fsp3) is 0.0556. The standard InChI is InChI=1S/C18H11F3N4O/c19-18(20,21)12-5-4-8-14(9-12)26-17-15-10-24-25(16(15)22-11-23-17)13-6-2-1-3-7-13/h1-11H. The Labute approximate surface area is 145 Å². The number of rotatable bonds is 3. The molecule has 0 saturated heterocycles. The highest BCUT2D eigenvalue weighted by molar-refractivity contribution is 5.81. The summed E-state index contributed by atoms with van der Waals surface area (Å²) in [4.78, 5) is 8.24. The second-order valence-electron chi connectivity index (χ2n) is 5.44. The summed E-state index contributed by atoms with van der Waals surface area (Å²) in [6.07, 6.45) is -1.64. The molecule has 0 N–H and O–H groups in total. The Morgan fingerprint density at radius 2 is 1.73 bits per heavy atom. The van der Waals surface area contributed by atoms with Gasteiger partial charge in [0.05, 0.1) is 17.4 Å². The molecule has 26 heavy (non-hydrogen) atoms. The van der Waals surface area contributed by atoms with Crippen LogP contribution in [0.25, 0.3) is 16.7 Å². The average molecular weight is 356 g/mol. The third-order valence-electron chi connectivity index (χ3n) is 3.71. The van der Waals surface area contributed by atoms with Crippen molar-refractivity contribution in [1.29, 1.82) is 0 Å². The monoisotopic (exact) mass is 356 g/mol. The predicted octanol–water partition coefficient (Wildman–Crippen LogP) is 4.63. The topological polar surface area (TPSA) is 52.8 Å². The quantitative estimate of drug-likeness (QED) is 0.537. The fourth-order valence-corrected chi connectivity index (χ4v) is 2.51. The van der Waals surface area contributed by atoms with E-state index in [1.54, 1.807) is 4.68 Å². The van der Waals surface area contributed by atoms with E-state index in [-0.39, 0.29) is 11.6 Å². The maximum absolute atomic E-state index is 12.9. The first kappa shape index (κ1) is 16.1. The van der Waals surface area contributed by atoms with E-state index in [0.717, 1.165) is 17.8 Å². The third-order valence-corrected chi connectivity index (χ3v) is 3.71. The fourth-order valence-electron chi connectivity index (χ4n) is 2.51. The first-order valence-corrected chi connectivity index (χ1v) is 7.61. The van der Waals surface area contributed by atoms with Gasteiger partial charge in [0, 0.05) is 0 Å². The lowest BCUT2D eigenvalue weighted by atomic mass is 10.2. The van der Waals surface area contributed by atoms with Gasteiger partial charge in [-0.3, -0.25) is 0 Å². The summed E-state index contributed by atoms with van der Waals surface area (Å²) in [5.74, 6) is 0.170. The number of halogens is 3. The number of alkyl halides is 3. The first-order valence-electron chi connectivity index (χ1n) is 7.61. The summed E-state index contributed by atoms with van der Waals surface area (Å²) in [6.45, 7) is 0. The van der Waals surface area contributed by atoms with E-state index >= 15 is 0 Å². The van der Waals surface area contributed by atoms with Crippen LogP contribution >= 0.6 is 0 Å². The number of nitrogens with zero attached hydrogens (tertiary/aromatic N) is 4. The van der Waals surface area contributed by atoms with E-state index in [2.05, 4.69) is 15.1 Å². The van der Waals surface area contributed by atoms with Crippen molar-refractivity contribution in [1.82, 2.24) is 19.7 Å². The lowest BCUT2D eigenvalue weighted by Gasteiger charge is -2.09. The van der Waals surface area contributed by atoms with Crippen molar-refractivity contribution in [3.63, 3.8) is 0 Å². The Bertz CT molecular complexity index is 1060. The van der Waals surface area contributed by atoms with Crippen LogP contribution in [0.15, 0.2) is 67.1 Å². The number of benzene rings is 2. The van der Waals surface area contributed by atoms with Crippen LogP contribution < -0.4 is 4.74 Å². The molecule has 0 radical (unpaired) electrons. The molecule has 0 aliphatic rings. The van der Waals surface area contributed by atoms with Crippen LogP contribution in [0, 0.1) is 0 Å². The van der Waals surface area contributed by atoms with Gasteiger partial charge in [-0.2, -0.15) is 18.3 Å². The van der Waals surface area contributed by atoms with E-state index in [0.29, 0.717) is 11.0 Å². The predicted molar refractivity (Wildman–Crippen MR) is 88.2 cm³/mol. The van der Waals surface area contributed by atoms with Crippen LogP contribution in [-0.2, 0) is 6.18 Å². The van der Waals surface area contributed by atoms with Crippen molar-refractivity contribution >= 4 is 11.0 Å². The highest BCUT2D eigenvalue weighted by Crippen LogP contribution is 2.33. The normalized spacial score (nSPS) is 11.7. The molecule has 0 aliphatic heterocycles. The summed E-state index contributed by atoms with van der Waals surface area (Å²) in [6, 6.07) is 14.0. The Morgan fingerprint density at radius 1 is 0.923 bits per heavy atom. The van der Waals surface area contributed by atoms with Crippen LogP contribution in [0.5, 0.6) is 11.6 Å². The number of hydrogen-bond donors (Lipinski definition) is 0. The minimum atomic E-state index is -4.45. The molecule has 0 saturated carbocycles. The highest BCUT2D eigenvalue weighted by Gasteiger charge is 2.30. The van der Waals surface area contributed by atoms with Gasteiger partial charge in [0.2, 0.25) is 5.88 Å². The molecular weight excluding hydrogens is 345 g/mol. The van der Waals surface area contributed by atoms with Gasteiger partial charge in [0.15, 0.2) is 5.65 Å². The molecule has 5 nitrogen and oxygen atoms in total.